The lowest BCUT2D eigenvalue weighted by atomic mass is 9.96. The molecule has 4 nitrogen and oxygen atoms in total. The first-order valence-electron chi connectivity index (χ1n) is 5.01. The molecule has 14 heavy (non-hydrogen) atoms. The Hall–Kier alpha value is -0.900. The van der Waals surface area contributed by atoms with Crippen LogP contribution in [0.5, 0.6) is 0 Å². The summed E-state index contributed by atoms with van der Waals surface area (Å²) in [5.74, 6) is -0.662. The number of rotatable bonds is 6. The maximum atomic E-state index is 11.1. The molecule has 0 aromatic heterocycles. The summed E-state index contributed by atoms with van der Waals surface area (Å²) < 4.78 is 9.91. The average Bonchev–Trinajstić information content (AvgIpc) is 2.01. The molecule has 80 valence electrons. The molecular formula is C10H16O4. The van der Waals surface area contributed by atoms with Crippen molar-refractivity contribution < 1.29 is 19.1 Å². The van der Waals surface area contributed by atoms with Crippen LogP contribution >= 0.6 is 0 Å². The van der Waals surface area contributed by atoms with Gasteiger partial charge in [0.2, 0.25) is 0 Å². The van der Waals surface area contributed by atoms with Crippen LogP contribution in [0.25, 0.3) is 0 Å². The summed E-state index contributed by atoms with van der Waals surface area (Å²) in [5.41, 5.74) is 0. The van der Waals surface area contributed by atoms with Gasteiger partial charge in [-0.05, 0) is 26.2 Å². The van der Waals surface area contributed by atoms with E-state index in [0.717, 1.165) is 12.8 Å². The van der Waals surface area contributed by atoms with Crippen molar-refractivity contribution in [1.82, 2.24) is 0 Å². The van der Waals surface area contributed by atoms with Gasteiger partial charge in [-0.1, -0.05) is 0 Å². The third kappa shape index (κ3) is 3.87. The van der Waals surface area contributed by atoms with Gasteiger partial charge in [-0.3, -0.25) is 9.59 Å². The van der Waals surface area contributed by atoms with Gasteiger partial charge in [-0.25, -0.2) is 0 Å². The number of ketones is 1. The molecule has 1 saturated carbocycles. The Labute approximate surface area is 83.6 Å². The van der Waals surface area contributed by atoms with Crippen LogP contribution in [0.2, 0.25) is 0 Å². The lowest BCUT2D eigenvalue weighted by Crippen LogP contribution is -2.25. The fourth-order valence-electron chi connectivity index (χ4n) is 1.17. The van der Waals surface area contributed by atoms with Gasteiger partial charge >= 0.3 is 5.97 Å². The molecule has 0 aromatic rings. The third-order valence-corrected chi connectivity index (χ3v) is 2.18. The highest BCUT2D eigenvalue weighted by Crippen LogP contribution is 2.21. The Morgan fingerprint density at radius 1 is 1.36 bits per heavy atom. The molecule has 0 spiro atoms. The van der Waals surface area contributed by atoms with Gasteiger partial charge in [0.1, 0.15) is 13.0 Å². The minimum absolute atomic E-state index is 0.0451. The van der Waals surface area contributed by atoms with Crippen LogP contribution in [0.1, 0.15) is 32.6 Å². The predicted molar refractivity (Wildman–Crippen MR) is 49.8 cm³/mol. The Balaban J connectivity index is 2.05. The van der Waals surface area contributed by atoms with E-state index in [1.165, 1.54) is 6.42 Å². The second-order valence-corrected chi connectivity index (χ2v) is 3.38. The number of hydrogen-bond donors (Lipinski definition) is 0. The van der Waals surface area contributed by atoms with Crippen molar-refractivity contribution in [3.63, 3.8) is 0 Å². The van der Waals surface area contributed by atoms with Crippen molar-refractivity contribution in [1.29, 1.82) is 0 Å². The van der Waals surface area contributed by atoms with E-state index in [0.29, 0.717) is 6.61 Å². The molecule has 1 fully saturated rings. The summed E-state index contributed by atoms with van der Waals surface area (Å²) in [4.78, 5) is 22.0. The zero-order chi connectivity index (χ0) is 10.4. The van der Waals surface area contributed by atoms with Crippen molar-refractivity contribution in [3.8, 4) is 0 Å². The maximum absolute atomic E-state index is 11.1. The summed E-state index contributed by atoms with van der Waals surface area (Å²) >= 11 is 0. The lowest BCUT2D eigenvalue weighted by molar-refractivity contribution is -0.147. The quantitative estimate of drug-likeness (QED) is 0.475. The first-order chi connectivity index (χ1) is 6.72. The first kappa shape index (κ1) is 11.2. The predicted octanol–water partition coefficient (Wildman–Crippen LogP) is 1.08. The topological polar surface area (TPSA) is 52.6 Å². The van der Waals surface area contributed by atoms with Gasteiger partial charge in [0.25, 0.3) is 0 Å². The van der Waals surface area contributed by atoms with E-state index in [4.69, 9.17) is 4.74 Å². The van der Waals surface area contributed by atoms with Crippen molar-refractivity contribution in [2.75, 3.05) is 13.2 Å². The van der Waals surface area contributed by atoms with E-state index < -0.39 is 5.97 Å². The van der Waals surface area contributed by atoms with Gasteiger partial charge < -0.3 is 9.47 Å². The maximum Gasteiger partial charge on any atom is 0.313 e. The largest absolute Gasteiger partial charge is 0.466 e. The summed E-state index contributed by atoms with van der Waals surface area (Å²) in [6.45, 7) is 2.08. The van der Waals surface area contributed by atoms with Gasteiger partial charge in [0.15, 0.2) is 5.78 Å². The lowest BCUT2D eigenvalue weighted by Gasteiger charge is -2.24. The standard InChI is InChI=1S/C10H16O4/c1-2-13-10(12)6-8(11)7-14-9-4-3-5-9/h9H,2-7H2,1H3. The summed E-state index contributed by atoms with van der Waals surface area (Å²) in [7, 11) is 0. The number of carbonyl (C=O) groups is 2. The summed E-state index contributed by atoms with van der Waals surface area (Å²) in [6, 6.07) is 0. The number of Topliss-reactive ketones (excluding diaryl/α,β-unsaturated/α-hetero) is 1. The molecule has 1 rings (SSSR count). The summed E-state index contributed by atoms with van der Waals surface area (Å²) in [5, 5.41) is 0. The van der Waals surface area contributed by atoms with E-state index in [9.17, 15) is 9.59 Å². The normalized spacial score (nSPS) is 16.1. The van der Waals surface area contributed by atoms with Gasteiger partial charge in [-0.2, -0.15) is 0 Å². The zero-order valence-electron chi connectivity index (χ0n) is 8.45. The molecule has 0 unspecified atom stereocenters. The Kier molecular flexibility index (Phi) is 4.59. The molecule has 0 aliphatic heterocycles. The molecular weight excluding hydrogens is 184 g/mol. The molecule has 0 saturated heterocycles. The van der Waals surface area contributed by atoms with E-state index in [-0.39, 0.29) is 24.9 Å². The Bertz CT molecular complexity index is 208. The van der Waals surface area contributed by atoms with E-state index in [1.54, 1.807) is 6.92 Å². The van der Waals surface area contributed by atoms with Crippen molar-refractivity contribution in [2.45, 2.75) is 38.7 Å². The zero-order valence-corrected chi connectivity index (χ0v) is 8.45. The van der Waals surface area contributed by atoms with Crippen LogP contribution in [0.15, 0.2) is 0 Å². The molecule has 0 N–H and O–H groups in total. The van der Waals surface area contributed by atoms with Crippen molar-refractivity contribution in [2.24, 2.45) is 0 Å². The fourth-order valence-corrected chi connectivity index (χ4v) is 1.17. The molecule has 0 heterocycles. The van der Waals surface area contributed by atoms with Gasteiger partial charge in [-0.15, -0.1) is 0 Å². The third-order valence-electron chi connectivity index (χ3n) is 2.18. The van der Waals surface area contributed by atoms with Crippen LogP contribution in [0.3, 0.4) is 0 Å². The average molecular weight is 200 g/mol. The molecule has 0 bridgehead atoms. The minimum Gasteiger partial charge on any atom is -0.466 e. The van der Waals surface area contributed by atoms with Crippen LogP contribution in [-0.4, -0.2) is 31.1 Å². The monoisotopic (exact) mass is 200 g/mol. The fraction of sp³-hybridized carbons (Fsp3) is 0.800. The molecule has 1 aliphatic rings. The second kappa shape index (κ2) is 5.75. The molecule has 0 amide bonds. The van der Waals surface area contributed by atoms with Crippen LogP contribution in [-0.2, 0) is 19.1 Å². The smallest absolute Gasteiger partial charge is 0.313 e. The SMILES string of the molecule is CCOC(=O)CC(=O)COC1CCC1. The van der Waals surface area contributed by atoms with Gasteiger partial charge in [0.05, 0.1) is 12.7 Å². The van der Waals surface area contributed by atoms with Crippen LogP contribution in [0, 0.1) is 0 Å². The minimum atomic E-state index is -0.463. The number of esters is 1. The highest BCUT2D eigenvalue weighted by molar-refractivity contribution is 5.96. The van der Waals surface area contributed by atoms with Crippen molar-refractivity contribution in [3.05, 3.63) is 0 Å². The highest BCUT2D eigenvalue weighted by Gasteiger charge is 2.19. The van der Waals surface area contributed by atoms with Crippen LogP contribution < -0.4 is 0 Å². The van der Waals surface area contributed by atoms with Crippen LogP contribution in [0.4, 0.5) is 0 Å². The second-order valence-electron chi connectivity index (χ2n) is 3.38. The van der Waals surface area contributed by atoms with E-state index in [1.807, 2.05) is 0 Å². The van der Waals surface area contributed by atoms with E-state index >= 15 is 0 Å². The number of carbonyl (C=O) groups excluding carboxylic acids is 2. The number of ether oxygens (including phenoxy) is 2. The first-order valence-corrected chi connectivity index (χ1v) is 5.01. The van der Waals surface area contributed by atoms with Gasteiger partial charge in [0, 0.05) is 0 Å². The molecule has 1 aliphatic carbocycles. The summed E-state index contributed by atoms with van der Waals surface area (Å²) in [6.07, 6.45) is 3.32. The van der Waals surface area contributed by atoms with E-state index in [2.05, 4.69) is 4.74 Å². The molecule has 0 radical (unpaired) electrons. The Morgan fingerprint density at radius 3 is 2.57 bits per heavy atom. The molecule has 4 heteroatoms. The Morgan fingerprint density at radius 2 is 2.07 bits per heavy atom. The highest BCUT2D eigenvalue weighted by atomic mass is 16.5. The molecule has 0 aromatic carbocycles. The molecule has 0 atom stereocenters. The number of hydrogen-bond acceptors (Lipinski definition) is 4. The van der Waals surface area contributed by atoms with Crippen molar-refractivity contribution >= 4 is 11.8 Å².